The lowest BCUT2D eigenvalue weighted by atomic mass is 9.80. The van der Waals surface area contributed by atoms with Gasteiger partial charge in [-0.3, -0.25) is 0 Å². The predicted octanol–water partition coefficient (Wildman–Crippen LogP) is 4.55. The van der Waals surface area contributed by atoms with Crippen LogP contribution in [0, 0.1) is 11.3 Å². The van der Waals surface area contributed by atoms with E-state index in [0.29, 0.717) is 5.41 Å². The molecule has 1 N–H and O–H groups in total. The SMILES string of the molecule is CCC(C)CN(CC)CC(CC)(CC)CNC(C)(C)C. The molecular formula is C18H40N2. The van der Waals surface area contributed by atoms with Gasteiger partial charge in [0.2, 0.25) is 0 Å². The molecule has 122 valence electrons. The lowest BCUT2D eigenvalue weighted by Gasteiger charge is -2.40. The van der Waals surface area contributed by atoms with Crippen molar-refractivity contribution in [1.29, 1.82) is 0 Å². The molecule has 0 bridgehead atoms. The van der Waals surface area contributed by atoms with Crippen LogP contribution in [0.3, 0.4) is 0 Å². The first-order valence-corrected chi connectivity index (χ1v) is 8.69. The van der Waals surface area contributed by atoms with Crippen LogP contribution in [0.25, 0.3) is 0 Å². The summed E-state index contributed by atoms with van der Waals surface area (Å²) in [6, 6.07) is 0. The summed E-state index contributed by atoms with van der Waals surface area (Å²) in [4.78, 5) is 2.66. The van der Waals surface area contributed by atoms with E-state index < -0.39 is 0 Å². The van der Waals surface area contributed by atoms with Crippen molar-refractivity contribution in [2.75, 3.05) is 26.2 Å². The van der Waals surface area contributed by atoms with Crippen molar-refractivity contribution in [3.63, 3.8) is 0 Å². The van der Waals surface area contributed by atoms with Crippen LogP contribution >= 0.6 is 0 Å². The Morgan fingerprint density at radius 1 is 1.00 bits per heavy atom. The second kappa shape index (κ2) is 9.04. The number of hydrogen-bond acceptors (Lipinski definition) is 2. The number of rotatable bonds is 10. The van der Waals surface area contributed by atoms with Gasteiger partial charge in [-0.05, 0) is 51.5 Å². The molecule has 1 unspecified atom stereocenters. The largest absolute Gasteiger partial charge is 0.311 e. The summed E-state index contributed by atoms with van der Waals surface area (Å²) in [5.41, 5.74) is 0.625. The maximum absolute atomic E-state index is 3.73. The van der Waals surface area contributed by atoms with E-state index in [1.54, 1.807) is 0 Å². The van der Waals surface area contributed by atoms with Gasteiger partial charge in [-0.15, -0.1) is 0 Å². The first kappa shape index (κ1) is 19.9. The molecular weight excluding hydrogens is 244 g/mol. The van der Waals surface area contributed by atoms with Crippen molar-refractivity contribution in [3.05, 3.63) is 0 Å². The molecule has 0 spiro atoms. The van der Waals surface area contributed by atoms with Gasteiger partial charge in [0, 0.05) is 25.2 Å². The van der Waals surface area contributed by atoms with E-state index >= 15 is 0 Å². The molecule has 1 atom stereocenters. The van der Waals surface area contributed by atoms with Crippen LogP contribution < -0.4 is 5.32 Å². The molecule has 0 aliphatic heterocycles. The molecule has 0 aromatic heterocycles. The Kier molecular flexibility index (Phi) is 9.01. The molecule has 0 saturated heterocycles. The van der Waals surface area contributed by atoms with E-state index in [0.717, 1.165) is 12.5 Å². The van der Waals surface area contributed by atoms with Crippen LogP contribution in [0.4, 0.5) is 0 Å². The highest BCUT2D eigenvalue weighted by atomic mass is 15.1. The minimum Gasteiger partial charge on any atom is -0.311 e. The van der Waals surface area contributed by atoms with Crippen LogP contribution in [-0.2, 0) is 0 Å². The second-order valence-corrected chi connectivity index (χ2v) is 7.65. The zero-order valence-corrected chi connectivity index (χ0v) is 15.5. The summed E-state index contributed by atoms with van der Waals surface area (Å²) in [5.74, 6) is 0.803. The Balaban J connectivity index is 4.70. The summed E-state index contributed by atoms with van der Waals surface area (Å²) in [6.45, 7) is 23.2. The van der Waals surface area contributed by atoms with Crippen LogP contribution in [0.2, 0.25) is 0 Å². The van der Waals surface area contributed by atoms with Crippen LogP contribution in [-0.4, -0.2) is 36.6 Å². The number of nitrogens with one attached hydrogen (secondary N) is 1. The quantitative estimate of drug-likeness (QED) is 0.633. The summed E-state index contributed by atoms with van der Waals surface area (Å²) < 4.78 is 0. The Labute approximate surface area is 128 Å². The van der Waals surface area contributed by atoms with Crippen LogP contribution in [0.1, 0.15) is 74.7 Å². The minimum atomic E-state index is 0.212. The first-order chi connectivity index (χ1) is 9.21. The Morgan fingerprint density at radius 2 is 1.55 bits per heavy atom. The molecule has 0 aliphatic rings. The monoisotopic (exact) mass is 284 g/mol. The van der Waals surface area contributed by atoms with Crippen molar-refractivity contribution in [2.45, 2.75) is 80.2 Å². The van der Waals surface area contributed by atoms with Crippen LogP contribution in [0.15, 0.2) is 0 Å². The molecule has 0 heterocycles. The Morgan fingerprint density at radius 3 is 1.90 bits per heavy atom. The van der Waals surface area contributed by atoms with Gasteiger partial charge >= 0.3 is 0 Å². The highest BCUT2D eigenvalue weighted by Gasteiger charge is 2.30. The predicted molar refractivity (Wildman–Crippen MR) is 92.3 cm³/mol. The molecule has 0 amide bonds. The molecule has 2 nitrogen and oxygen atoms in total. The van der Waals surface area contributed by atoms with E-state index in [-0.39, 0.29) is 5.54 Å². The van der Waals surface area contributed by atoms with Gasteiger partial charge in [-0.1, -0.05) is 41.0 Å². The molecule has 0 saturated carbocycles. The van der Waals surface area contributed by atoms with Gasteiger partial charge in [-0.25, -0.2) is 0 Å². The highest BCUT2D eigenvalue weighted by Crippen LogP contribution is 2.28. The summed E-state index contributed by atoms with van der Waals surface area (Å²) in [5, 5.41) is 3.73. The van der Waals surface area contributed by atoms with Gasteiger partial charge in [0.25, 0.3) is 0 Å². The van der Waals surface area contributed by atoms with Gasteiger partial charge < -0.3 is 10.2 Å². The average Bonchev–Trinajstić information content (AvgIpc) is 2.41. The maximum Gasteiger partial charge on any atom is 0.00967 e. The molecule has 0 radical (unpaired) electrons. The second-order valence-electron chi connectivity index (χ2n) is 7.65. The van der Waals surface area contributed by atoms with Crippen molar-refractivity contribution in [2.24, 2.45) is 11.3 Å². The minimum absolute atomic E-state index is 0.212. The van der Waals surface area contributed by atoms with Gasteiger partial charge in [-0.2, -0.15) is 0 Å². The molecule has 0 aliphatic carbocycles. The lowest BCUT2D eigenvalue weighted by Crippen LogP contribution is -2.49. The molecule has 0 rings (SSSR count). The zero-order chi connectivity index (χ0) is 15.8. The standard InChI is InChI=1S/C18H40N2/c1-9-16(5)13-20(12-4)15-18(10-2,11-3)14-19-17(6,7)8/h16,19H,9-15H2,1-8H3. The fourth-order valence-corrected chi connectivity index (χ4v) is 2.58. The molecule has 0 aromatic carbocycles. The zero-order valence-electron chi connectivity index (χ0n) is 15.5. The Hall–Kier alpha value is -0.0800. The van der Waals surface area contributed by atoms with Crippen LogP contribution in [0.5, 0.6) is 0 Å². The third kappa shape index (κ3) is 7.64. The number of hydrogen-bond donors (Lipinski definition) is 1. The fourth-order valence-electron chi connectivity index (χ4n) is 2.58. The normalized spacial score (nSPS) is 14.8. The molecule has 0 fully saturated rings. The van der Waals surface area contributed by atoms with Crippen molar-refractivity contribution < 1.29 is 0 Å². The van der Waals surface area contributed by atoms with E-state index in [2.05, 4.69) is 65.6 Å². The van der Waals surface area contributed by atoms with Gasteiger partial charge in [0.05, 0.1) is 0 Å². The van der Waals surface area contributed by atoms with E-state index in [1.807, 2.05) is 0 Å². The molecule has 0 aromatic rings. The number of nitrogens with zero attached hydrogens (tertiary/aromatic N) is 1. The third-order valence-corrected chi connectivity index (χ3v) is 4.77. The Bertz CT molecular complexity index is 238. The third-order valence-electron chi connectivity index (χ3n) is 4.77. The van der Waals surface area contributed by atoms with E-state index in [1.165, 1.54) is 38.9 Å². The van der Waals surface area contributed by atoms with Gasteiger partial charge in [0.15, 0.2) is 0 Å². The van der Waals surface area contributed by atoms with E-state index in [9.17, 15) is 0 Å². The lowest BCUT2D eigenvalue weighted by molar-refractivity contribution is 0.118. The van der Waals surface area contributed by atoms with Crippen molar-refractivity contribution in [1.82, 2.24) is 10.2 Å². The summed E-state index contributed by atoms with van der Waals surface area (Å²) in [7, 11) is 0. The molecule has 20 heavy (non-hydrogen) atoms. The topological polar surface area (TPSA) is 15.3 Å². The van der Waals surface area contributed by atoms with Crippen molar-refractivity contribution in [3.8, 4) is 0 Å². The van der Waals surface area contributed by atoms with E-state index in [4.69, 9.17) is 0 Å². The molecule has 2 heteroatoms. The highest BCUT2D eigenvalue weighted by molar-refractivity contribution is 4.86. The van der Waals surface area contributed by atoms with Crippen molar-refractivity contribution >= 4 is 0 Å². The fraction of sp³-hybridized carbons (Fsp3) is 1.00. The summed E-state index contributed by atoms with van der Waals surface area (Å²) >= 11 is 0. The van der Waals surface area contributed by atoms with Gasteiger partial charge in [0.1, 0.15) is 0 Å². The first-order valence-electron chi connectivity index (χ1n) is 8.69. The average molecular weight is 285 g/mol. The smallest absolute Gasteiger partial charge is 0.00967 e. The summed E-state index contributed by atoms with van der Waals surface area (Å²) in [6.07, 6.45) is 3.79. The maximum atomic E-state index is 3.73.